The standard InChI is InChI=1S/C15H20ClN3O4S.ClH/c16-12-2-1-3-13(10-12)24(21,22)19-7-5-18(6-8-19)15(20)14-11-17-4-9-23-14;/h1-3,10,14,17H,4-9,11H2;1H. The van der Waals surface area contributed by atoms with Crippen molar-refractivity contribution in [1.82, 2.24) is 14.5 Å². The van der Waals surface area contributed by atoms with Gasteiger partial charge in [0.25, 0.3) is 5.91 Å². The number of hydrogen-bond acceptors (Lipinski definition) is 5. The van der Waals surface area contributed by atoms with Crippen molar-refractivity contribution in [2.45, 2.75) is 11.0 Å². The molecule has 1 aromatic rings. The van der Waals surface area contributed by atoms with Gasteiger partial charge in [-0.25, -0.2) is 8.42 Å². The second-order valence-corrected chi connectivity index (χ2v) is 8.12. The smallest absolute Gasteiger partial charge is 0.253 e. The van der Waals surface area contributed by atoms with Crippen LogP contribution in [0.3, 0.4) is 0 Å². The van der Waals surface area contributed by atoms with Crippen LogP contribution in [-0.4, -0.2) is 75.5 Å². The zero-order chi connectivity index (χ0) is 17.2. The van der Waals surface area contributed by atoms with Gasteiger partial charge in [0, 0.05) is 44.3 Å². The maximum absolute atomic E-state index is 12.6. The summed E-state index contributed by atoms with van der Waals surface area (Å²) >= 11 is 5.88. The number of halogens is 2. The highest BCUT2D eigenvalue weighted by Crippen LogP contribution is 2.21. The Morgan fingerprint density at radius 1 is 1.24 bits per heavy atom. The molecule has 1 atom stereocenters. The molecule has 0 aliphatic carbocycles. The van der Waals surface area contributed by atoms with Crippen molar-refractivity contribution in [3.05, 3.63) is 29.3 Å². The molecule has 0 spiro atoms. The number of nitrogens with zero attached hydrogens (tertiary/aromatic N) is 2. The van der Waals surface area contributed by atoms with Gasteiger partial charge in [0.2, 0.25) is 10.0 Å². The number of sulfonamides is 1. The van der Waals surface area contributed by atoms with Crippen molar-refractivity contribution in [3.63, 3.8) is 0 Å². The van der Waals surface area contributed by atoms with Gasteiger partial charge in [-0.3, -0.25) is 4.79 Å². The van der Waals surface area contributed by atoms with E-state index in [1.165, 1.54) is 16.4 Å². The third-order valence-electron chi connectivity index (χ3n) is 4.19. The van der Waals surface area contributed by atoms with Crippen molar-refractivity contribution in [2.75, 3.05) is 45.9 Å². The van der Waals surface area contributed by atoms with Crippen LogP contribution in [0.2, 0.25) is 5.02 Å². The molecule has 0 bridgehead atoms. The van der Waals surface area contributed by atoms with E-state index in [-0.39, 0.29) is 36.3 Å². The first kappa shape index (κ1) is 20.4. The number of nitrogens with one attached hydrogen (secondary N) is 1. The van der Waals surface area contributed by atoms with E-state index in [9.17, 15) is 13.2 Å². The number of amides is 1. The fourth-order valence-electron chi connectivity index (χ4n) is 2.85. The normalized spacial score (nSPS) is 22.3. The van der Waals surface area contributed by atoms with Gasteiger partial charge >= 0.3 is 0 Å². The van der Waals surface area contributed by atoms with Crippen molar-refractivity contribution < 1.29 is 17.9 Å². The number of carbonyl (C=O) groups excluding carboxylic acids is 1. The molecule has 25 heavy (non-hydrogen) atoms. The first-order valence-corrected chi connectivity index (χ1v) is 9.67. The highest BCUT2D eigenvalue weighted by Gasteiger charge is 2.33. The molecule has 7 nitrogen and oxygen atoms in total. The Morgan fingerprint density at radius 3 is 2.56 bits per heavy atom. The van der Waals surface area contributed by atoms with E-state index in [0.717, 1.165) is 6.54 Å². The summed E-state index contributed by atoms with van der Waals surface area (Å²) in [5.74, 6) is -0.0815. The van der Waals surface area contributed by atoms with Gasteiger partial charge in [0.05, 0.1) is 11.5 Å². The summed E-state index contributed by atoms with van der Waals surface area (Å²) in [4.78, 5) is 14.2. The molecule has 2 saturated heterocycles. The predicted molar refractivity (Wildman–Crippen MR) is 96.6 cm³/mol. The molecule has 0 radical (unpaired) electrons. The lowest BCUT2D eigenvalue weighted by atomic mass is 10.2. The minimum atomic E-state index is -3.59. The maximum Gasteiger partial charge on any atom is 0.253 e. The van der Waals surface area contributed by atoms with Gasteiger partial charge in [0.1, 0.15) is 6.10 Å². The molecule has 2 heterocycles. The molecule has 1 amide bonds. The SMILES string of the molecule is Cl.O=C(C1CNCCO1)N1CCN(S(=O)(=O)c2cccc(Cl)c2)CC1. The average Bonchev–Trinajstić information content (AvgIpc) is 2.62. The molecule has 2 aliphatic rings. The largest absolute Gasteiger partial charge is 0.366 e. The molecule has 0 aromatic heterocycles. The molecular weight excluding hydrogens is 389 g/mol. The number of ether oxygens (including phenoxy) is 1. The Bertz CT molecular complexity index is 702. The predicted octanol–water partition coefficient (Wildman–Crippen LogP) is 0.583. The lowest BCUT2D eigenvalue weighted by Crippen LogP contribution is -2.55. The summed E-state index contributed by atoms with van der Waals surface area (Å²) in [6.45, 7) is 3.01. The zero-order valence-electron chi connectivity index (χ0n) is 13.6. The van der Waals surface area contributed by atoms with Gasteiger partial charge in [-0.05, 0) is 18.2 Å². The number of piperazine rings is 1. The minimum Gasteiger partial charge on any atom is -0.366 e. The van der Waals surface area contributed by atoms with E-state index in [1.807, 2.05) is 0 Å². The van der Waals surface area contributed by atoms with Crippen LogP contribution in [0.5, 0.6) is 0 Å². The van der Waals surface area contributed by atoms with Crippen LogP contribution in [-0.2, 0) is 19.6 Å². The number of morpholine rings is 1. The first-order chi connectivity index (χ1) is 11.5. The molecule has 140 valence electrons. The van der Waals surface area contributed by atoms with Gasteiger partial charge < -0.3 is 15.0 Å². The summed E-state index contributed by atoms with van der Waals surface area (Å²) in [7, 11) is -3.59. The number of carbonyl (C=O) groups is 1. The summed E-state index contributed by atoms with van der Waals surface area (Å²) in [5.41, 5.74) is 0. The summed E-state index contributed by atoms with van der Waals surface area (Å²) in [6, 6.07) is 6.22. The van der Waals surface area contributed by atoms with Crippen LogP contribution in [0, 0.1) is 0 Å². The third kappa shape index (κ3) is 4.64. The summed E-state index contributed by atoms with van der Waals surface area (Å²) in [6.07, 6.45) is -0.477. The molecular formula is C15H21Cl2N3O4S. The fourth-order valence-corrected chi connectivity index (χ4v) is 4.58. The summed E-state index contributed by atoms with van der Waals surface area (Å²) < 4.78 is 32.2. The lowest BCUT2D eigenvalue weighted by molar-refractivity contribution is -0.146. The number of rotatable bonds is 3. The van der Waals surface area contributed by atoms with Crippen LogP contribution in [0.1, 0.15) is 0 Å². The van der Waals surface area contributed by atoms with Crippen LogP contribution in [0.4, 0.5) is 0 Å². The second-order valence-electron chi connectivity index (χ2n) is 5.75. The van der Waals surface area contributed by atoms with Crippen molar-refractivity contribution in [3.8, 4) is 0 Å². The van der Waals surface area contributed by atoms with E-state index < -0.39 is 16.1 Å². The second kappa shape index (κ2) is 8.66. The topological polar surface area (TPSA) is 79.0 Å². The molecule has 1 N–H and O–H groups in total. The highest BCUT2D eigenvalue weighted by atomic mass is 35.5. The lowest BCUT2D eigenvalue weighted by Gasteiger charge is -2.36. The van der Waals surface area contributed by atoms with Crippen LogP contribution in [0.15, 0.2) is 29.2 Å². The highest BCUT2D eigenvalue weighted by molar-refractivity contribution is 7.89. The van der Waals surface area contributed by atoms with Crippen LogP contribution >= 0.6 is 24.0 Å². The van der Waals surface area contributed by atoms with E-state index in [2.05, 4.69) is 5.32 Å². The van der Waals surface area contributed by atoms with Crippen molar-refractivity contribution >= 4 is 39.9 Å². The number of benzene rings is 1. The van der Waals surface area contributed by atoms with E-state index in [1.54, 1.807) is 17.0 Å². The van der Waals surface area contributed by atoms with Crippen LogP contribution < -0.4 is 5.32 Å². The molecule has 2 aliphatic heterocycles. The van der Waals surface area contributed by atoms with Gasteiger partial charge in [-0.2, -0.15) is 4.31 Å². The Kier molecular flexibility index (Phi) is 7.07. The van der Waals surface area contributed by atoms with Gasteiger partial charge in [-0.1, -0.05) is 17.7 Å². The van der Waals surface area contributed by atoms with E-state index >= 15 is 0 Å². The minimum absolute atomic E-state index is 0. The van der Waals surface area contributed by atoms with Crippen molar-refractivity contribution in [1.29, 1.82) is 0 Å². The Balaban J connectivity index is 0.00000225. The maximum atomic E-state index is 12.6. The summed E-state index contributed by atoms with van der Waals surface area (Å²) in [5, 5.41) is 3.50. The Morgan fingerprint density at radius 2 is 1.96 bits per heavy atom. The number of hydrogen-bond donors (Lipinski definition) is 1. The molecule has 1 aromatic carbocycles. The van der Waals surface area contributed by atoms with Crippen LogP contribution in [0.25, 0.3) is 0 Å². The average molecular weight is 410 g/mol. The molecule has 0 saturated carbocycles. The third-order valence-corrected chi connectivity index (χ3v) is 6.32. The van der Waals surface area contributed by atoms with Crippen molar-refractivity contribution in [2.24, 2.45) is 0 Å². The zero-order valence-corrected chi connectivity index (χ0v) is 15.9. The Labute approximate surface area is 158 Å². The molecule has 3 rings (SSSR count). The quantitative estimate of drug-likeness (QED) is 0.789. The molecule has 2 fully saturated rings. The monoisotopic (exact) mass is 409 g/mol. The first-order valence-electron chi connectivity index (χ1n) is 7.85. The molecule has 10 heteroatoms. The van der Waals surface area contributed by atoms with E-state index in [4.69, 9.17) is 16.3 Å². The Hall–Kier alpha value is -0.900. The van der Waals surface area contributed by atoms with Gasteiger partial charge in [-0.15, -0.1) is 12.4 Å². The fraction of sp³-hybridized carbons (Fsp3) is 0.533. The van der Waals surface area contributed by atoms with E-state index in [0.29, 0.717) is 31.3 Å². The van der Waals surface area contributed by atoms with Gasteiger partial charge in [0.15, 0.2) is 0 Å². The molecule has 1 unspecified atom stereocenters.